The Morgan fingerprint density at radius 3 is 2.04 bits per heavy atom. The van der Waals surface area contributed by atoms with Gasteiger partial charge in [0, 0.05) is 24.1 Å². The number of hydrogen-bond acceptors (Lipinski definition) is 5. The molecule has 0 unspecified atom stereocenters. The van der Waals surface area contributed by atoms with Crippen molar-refractivity contribution in [3.63, 3.8) is 0 Å². The number of aldehydes is 1. The number of ether oxygens (including phenoxy) is 3. The summed E-state index contributed by atoms with van der Waals surface area (Å²) in [7, 11) is 4.68. The number of methoxy groups -OCH3 is 3. The summed E-state index contributed by atoms with van der Waals surface area (Å²) < 4.78 is 16.0. The number of rotatable bonds is 7. The summed E-state index contributed by atoms with van der Waals surface area (Å²) in [4.78, 5) is 11.5. The first-order chi connectivity index (χ1) is 11.6. The molecule has 0 spiro atoms. The topological polar surface area (TPSA) is 65.0 Å². The maximum absolute atomic E-state index is 11.5. The lowest BCUT2D eigenvalue weighted by atomic mass is 10.0. The van der Waals surface area contributed by atoms with Gasteiger partial charge in [-0.1, -0.05) is 12.1 Å². The molecule has 0 heterocycles. The zero-order chi connectivity index (χ0) is 17.5. The number of hydrogen-bond donors (Lipinski definition) is 1. The summed E-state index contributed by atoms with van der Waals surface area (Å²) in [5, 5.41) is 9.33. The van der Waals surface area contributed by atoms with E-state index in [0.29, 0.717) is 29.2 Å². The Bertz CT molecular complexity index is 707. The van der Waals surface area contributed by atoms with Gasteiger partial charge in [-0.3, -0.25) is 4.79 Å². The lowest BCUT2D eigenvalue weighted by Crippen LogP contribution is -2.01. The molecule has 5 nitrogen and oxygen atoms in total. The van der Waals surface area contributed by atoms with E-state index >= 15 is 0 Å². The third-order valence-electron chi connectivity index (χ3n) is 3.59. The van der Waals surface area contributed by atoms with Gasteiger partial charge in [0.25, 0.3) is 0 Å². The van der Waals surface area contributed by atoms with Crippen LogP contribution in [-0.4, -0.2) is 32.7 Å². The van der Waals surface area contributed by atoms with Crippen molar-refractivity contribution >= 4 is 12.4 Å². The second-order valence-corrected chi connectivity index (χ2v) is 5.12. The summed E-state index contributed by atoms with van der Waals surface area (Å²) in [5.74, 6) is 1.97. The van der Waals surface area contributed by atoms with E-state index in [9.17, 15) is 9.90 Å². The van der Waals surface area contributed by atoms with Crippen molar-refractivity contribution in [2.45, 2.75) is 6.42 Å². The number of carbonyl (C=O) groups excluding carboxylic acids is 1. The van der Waals surface area contributed by atoms with Gasteiger partial charge in [0.2, 0.25) is 0 Å². The van der Waals surface area contributed by atoms with Crippen molar-refractivity contribution in [1.82, 2.24) is 0 Å². The molecular formula is C19H20O5. The zero-order valence-electron chi connectivity index (χ0n) is 13.9. The number of benzene rings is 2. The van der Waals surface area contributed by atoms with Crippen molar-refractivity contribution in [1.29, 1.82) is 0 Å². The van der Waals surface area contributed by atoms with E-state index < -0.39 is 0 Å². The standard InChI is InChI=1S/C19H20O5/c1-22-16-10-18(23-2)17(19(11-16)24-3)9-14(12-20)8-13-4-6-15(21)7-5-13/h4-8,10-12,21H,9H2,1-3H3/b14-8-. The van der Waals surface area contributed by atoms with E-state index in [1.165, 1.54) is 0 Å². The summed E-state index contributed by atoms with van der Waals surface area (Å²) in [6.07, 6.45) is 2.91. The molecule has 0 atom stereocenters. The molecule has 2 aromatic rings. The predicted molar refractivity (Wildman–Crippen MR) is 91.9 cm³/mol. The highest BCUT2D eigenvalue weighted by atomic mass is 16.5. The molecule has 0 aromatic heterocycles. The largest absolute Gasteiger partial charge is 0.508 e. The minimum absolute atomic E-state index is 0.179. The molecular weight excluding hydrogens is 308 g/mol. The number of phenolic OH excluding ortho intramolecular Hbond substituents is 1. The van der Waals surface area contributed by atoms with Gasteiger partial charge >= 0.3 is 0 Å². The third-order valence-corrected chi connectivity index (χ3v) is 3.59. The second-order valence-electron chi connectivity index (χ2n) is 5.12. The molecule has 24 heavy (non-hydrogen) atoms. The molecule has 5 heteroatoms. The van der Waals surface area contributed by atoms with Crippen molar-refractivity contribution in [3.8, 4) is 23.0 Å². The molecule has 0 aliphatic heterocycles. The fourth-order valence-corrected chi connectivity index (χ4v) is 2.37. The maximum Gasteiger partial charge on any atom is 0.146 e. The van der Waals surface area contributed by atoms with E-state index in [2.05, 4.69) is 0 Å². The van der Waals surface area contributed by atoms with E-state index in [-0.39, 0.29) is 5.75 Å². The molecule has 2 aromatic carbocycles. The summed E-state index contributed by atoms with van der Waals surface area (Å²) >= 11 is 0. The molecule has 0 saturated carbocycles. The van der Waals surface area contributed by atoms with Crippen LogP contribution in [0.4, 0.5) is 0 Å². The first-order valence-electron chi connectivity index (χ1n) is 7.35. The Hall–Kier alpha value is -2.95. The number of allylic oxidation sites excluding steroid dienone is 1. The Morgan fingerprint density at radius 1 is 1.00 bits per heavy atom. The van der Waals surface area contributed by atoms with Crippen LogP contribution in [0.25, 0.3) is 6.08 Å². The maximum atomic E-state index is 11.5. The molecule has 0 saturated heterocycles. The van der Waals surface area contributed by atoms with Crippen LogP contribution in [-0.2, 0) is 11.2 Å². The molecule has 1 N–H and O–H groups in total. The minimum Gasteiger partial charge on any atom is -0.508 e. The quantitative estimate of drug-likeness (QED) is 0.624. The molecule has 0 bridgehead atoms. The van der Waals surface area contributed by atoms with Gasteiger partial charge in [0.1, 0.15) is 29.3 Å². The SMILES string of the molecule is COc1cc(OC)c(C/C(C=O)=C/c2ccc(O)cc2)c(OC)c1. The molecule has 0 radical (unpaired) electrons. The van der Waals surface area contributed by atoms with Crippen molar-refractivity contribution in [2.75, 3.05) is 21.3 Å². The molecule has 0 aliphatic rings. The molecule has 0 aliphatic carbocycles. The van der Waals surface area contributed by atoms with E-state index in [4.69, 9.17) is 14.2 Å². The normalized spacial score (nSPS) is 11.0. The van der Waals surface area contributed by atoms with Gasteiger partial charge < -0.3 is 19.3 Å². The van der Waals surface area contributed by atoms with Crippen molar-refractivity contribution in [2.24, 2.45) is 0 Å². The minimum atomic E-state index is 0.179. The summed E-state index contributed by atoms with van der Waals surface area (Å²) in [6, 6.07) is 10.1. The molecule has 0 amide bonds. The summed E-state index contributed by atoms with van der Waals surface area (Å²) in [6.45, 7) is 0. The number of aromatic hydroxyl groups is 1. The highest BCUT2D eigenvalue weighted by Crippen LogP contribution is 2.35. The monoisotopic (exact) mass is 328 g/mol. The highest BCUT2D eigenvalue weighted by molar-refractivity contribution is 5.83. The summed E-state index contributed by atoms with van der Waals surface area (Å²) in [5.41, 5.74) is 2.14. The second kappa shape index (κ2) is 8.06. The van der Waals surface area contributed by atoms with Gasteiger partial charge in [-0.05, 0) is 29.3 Å². The fourth-order valence-electron chi connectivity index (χ4n) is 2.37. The van der Waals surface area contributed by atoms with Gasteiger partial charge in [-0.25, -0.2) is 0 Å². The van der Waals surface area contributed by atoms with Crippen LogP contribution in [0.5, 0.6) is 23.0 Å². The lowest BCUT2D eigenvalue weighted by molar-refractivity contribution is -0.104. The van der Waals surface area contributed by atoms with Crippen LogP contribution in [0.3, 0.4) is 0 Å². The van der Waals surface area contributed by atoms with Crippen LogP contribution in [0.1, 0.15) is 11.1 Å². The lowest BCUT2D eigenvalue weighted by Gasteiger charge is -2.15. The van der Waals surface area contributed by atoms with E-state index in [1.54, 1.807) is 63.8 Å². The Balaban J connectivity index is 2.40. The highest BCUT2D eigenvalue weighted by Gasteiger charge is 2.15. The van der Waals surface area contributed by atoms with Crippen LogP contribution in [0, 0.1) is 0 Å². The van der Waals surface area contributed by atoms with Crippen molar-refractivity contribution in [3.05, 3.63) is 53.1 Å². The van der Waals surface area contributed by atoms with Crippen LogP contribution in [0.2, 0.25) is 0 Å². The molecule has 2 rings (SSSR count). The van der Waals surface area contributed by atoms with Crippen LogP contribution in [0.15, 0.2) is 42.0 Å². The van der Waals surface area contributed by atoms with Gasteiger partial charge in [0.05, 0.1) is 21.3 Å². The van der Waals surface area contributed by atoms with Crippen LogP contribution < -0.4 is 14.2 Å². The molecule has 126 valence electrons. The Labute approximate surface area is 141 Å². The van der Waals surface area contributed by atoms with Crippen LogP contribution >= 0.6 is 0 Å². The number of carbonyl (C=O) groups is 1. The smallest absolute Gasteiger partial charge is 0.146 e. The Kier molecular flexibility index (Phi) is 5.84. The Morgan fingerprint density at radius 2 is 1.58 bits per heavy atom. The average Bonchev–Trinajstić information content (AvgIpc) is 2.62. The zero-order valence-corrected chi connectivity index (χ0v) is 13.9. The van der Waals surface area contributed by atoms with Gasteiger partial charge in [-0.2, -0.15) is 0 Å². The first kappa shape index (κ1) is 17.4. The third kappa shape index (κ3) is 4.07. The fraction of sp³-hybridized carbons (Fsp3) is 0.211. The number of phenols is 1. The van der Waals surface area contributed by atoms with E-state index in [1.807, 2.05) is 0 Å². The molecule has 0 fully saturated rings. The average molecular weight is 328 g/mol. The first-order valence-corrected chi connectivity index (χ1v) is 7.35. The predicted octanol–water partition coefficient (Wildman–Crippen LogP) is 3.24. The van der Waals surface area contributed by atoms with E-state index in [0.717, 1.165) is 17.4 Å². The van der Waals surface area contributed by atoms with Gasteiger partial charge in [0.15, 0.2) is 0 Å². The van der Waals surface area contributed by atoms with Gasteiger partial charge in [-0.15, -0.1) is 0 Å². The van der Waals surface area contributed by atoms with Crippen molar-refractivity contribution < 1.29 is 24.1 Å².